The summed E-state index contributed by atoms with van der Waals surface area (Å²) < 4.78 is 5.22. The molecule has 72 valence electrons. The molecule has 4 heteroatoms. The lowest BCUT2D eigenvalue weighted by atomic mass is 10.4. The molecule has 0 spiro atoms. The first-order valence-corrected chi connectivity index (χ1v) is 4.32. The topological polar surface area (TPSA) is 58.6 Å². The summed E-state index contributed by atoms with van der Waals surface area (Å²) in [5.41, 5.74) is 0. The Kier molecular flexibility index (Phi) is 7.79. The number of nitrogens with one attached hydrogen (secondary N) is 1. The molecule has 0 rings (SSSR count). The van der Waals surface area contributed by atoms with Gasteiger partial charge >= 0.3 is 6.09 Å². The fraction of sp³-hybridized carbons (Fsp3) is 0.875. The van der Waals surface area contributed by atoms with Crippen molar-refractivity contribution in [1.82, 2.24) is 5.32 Å². The van der Waals surface area contributed by atoms with Crippen LogP contribution < -0.4 is 5.32 Å². The molecule has 0 aliphatic heterocycles. The van der Waals surface area contributed by atoms with Gasteiger partial charge in [-0.25, -0.2) is 4.79 Å². The molecule has 0 heterocycles. The highest BCUT2D eigenvalue weighted by molar-refractivity contribution is 5.64. The SMILES string of the molecule is CCCCOCCCNC(=O)O. The van der Waals surface area contributed by atoms with Crippen LogP contribution in [0.25, 0.3) is 0 Å². The number of rotatable bonds is 7. The molecule has 2 N–H and O–H groups in total. The van der Waals surface area contributed by atoms with Gasteiger partial charge in [-0.1, -0.05) is 13.3 Å². The fourth-order valence-electron chi connectivity index (χ4n) is 0.718. The van der Waals surface area contributed by atoms with Crippen molar-refractivity contribution in [3.8, 4) is 0 Å². The lowest BCUT2D eigenvalue weighted by Gasteiger charge is -2.02. The van der Waals surface area contributed by atoms with E-state index in [2.05, 4.69) is 12.2 Å². The molecule has 0 atom stereocenters. The summed E-state index contributed by atoms with van der Waals surface area (Å²) in [6, 6.07) is 0. The molecule has 12 heavy (non-hydrogen) atoms. The Balaban J connectivity index is 2.86. The minimum absolute atomic E-state index is 0.474. The first-order chi connectivity index (χ1) is 5.77. The molecule has 0 aromatic rings. The summed E-state index contributed by atoms with van der Waals surface area (Å²) in [5.74, 6) is 0. The van der Waals surface area contributed by atoms with E-state index in [0.29, 0.717) is 13.2 Å². The van der Waals surface area contributed by atoms with Crippen LogP contribution >= 0.6 is 0 Å². The zero-order valence-electron chi connectivity index (χ0n) is 7.51. The van der Waals surface area contributed by atoms with E-state index in [0.717, 1.165) is 25.9 Å². The van der Waals surface area contributed by atoms with Crippen molar-refractivity contribution in [2.24, 2.45) is 0 Å². The van der Waals surface area contributed by atoms with Gasteiger partial charge in [0, 0.05) is 19.8 Å². The lowest BCUT2D eigenvalue weighted by Crippen LogP contribution is -2.22. The largest absolute Gasteiger partial charge is 0.465 e. The van der Waals surface area contributed by atoms with Crippen LogP contribution in [-0.2, 0) is 4.74 Å². The zero-order chi connectivity index (χ0) is 9.23. The molecule has 1 amide bonds. The Morgan fingerprint density at radius 3 is 2.67 bits per heavy atom. The molecular formula is C8H17NO3. The molecule has 0 unspecified atom stereocenters. The van der Waals surface area contributed by atoms with E-state index >= 15 is 0 Å². The summed E-state index contributed by atoms with van der Waals surface area (Å²) in [5, 5.41) is 10.5. The minimum atomic E-state index is -0.969. The normalized spacial score (nSPS) is 9.75. The van der Waals surface area contributed by atoms with Crippen molar-refractivity contribution in [3.63, 3.8) is 0 Å². The predicted octanol–water partition coefficient (Wildman–Crippen LogP) is 1.46. The highest BCUT2D eigenvalue weighted by Gasteiger charge is 1.92. The number of unbranched alkanes of at least 4 members (excludes halogenated alkanes) is 1. The second-order valence-electron chi connectivity index (χ2n) is 2.55. The molecule has 0 bridgehead atoms. The molecule has 4 nitrogen and oxygen atoms in total. The van der Waals surface area contributed by atoms with Crippen LogP contribution in [0.5, 0.6) is 0 Å². The third-order valence-corrected chi connectivity index (χ3v) is 1.38. The molecule has 0 saturated carbocycles. The Hall–Kier alpha value is -0.770. The summed E-state index contributed by atoms with van der Waals surface area (Å²) in [7, 11) is 0. The number of amides is 1. The maximum absolute atomic E-state index is 9.98. The van der Waals surface area contributed by atoms with Crippen LogP contribution in [0.2, 0.25) is 0 Å². The van der Waals surface area contributed by atoms with Crippen molar-refractivity contribution in [3.05, 3.63) is 0 Å². The molecule has 0 saturated heterocycles. The van der Waals surface area contributed by atoms with Gasteiger partial charge in [-0.15, -0.1) is 0 Å². The summed E-state index contributed by atoms with van der Waals surface area (Å²) in [4.78, 5) is 9.98. The highest BCUT2D eigenvalue weighted by Crippen LogP contribution is 1.88. The Labute approximate surface area is 72.9 Å². The number of hydrogen-bond donors (Lipinski definition) is 2. The molecule has 0 aromatic heterocycles. The minimum Gasteiger partial charge on any atom is -0.465 e. The third kappa shape index (κ3) is 9.23. The smallest absolute Gasteiger partial charge is 0.404 e. The van der Waals surface area contributed by atoms with Gasteiger partial charge < -0.3 is 15.2 Å². The van der Waals surface area contributed by atoms with E-state index in [1.54, 1.807) is 0 Å². The zero-order valence-corrected chi connectivity index (χ0v) is 7.51. The third-order valence-electron chi connectivity index (χ3n) is 1.38. The van der Waals surface area contributed by atoms with Gasteiger partial charge in [0.05, 0.1) is 0 Å². The summed E-state index contributed by atoms with van der Waals surface area (Å²) in [6.07, 6.45) is 1.99. The quantitative estimate of drug-likeness (QED) is 0.576. The van der Waals surface area contributed by atoms with E-state index in [9.17, 15) is 4.79 Å². The van der Waals surface area contributed by atoms with Crippen LogP contribution in [0, 0.1) is 0 Å². The average Bonchev–Trinajstić information content (AvgIpc) is 2.02. The van der Waals surface area contributed by atoms with Crippen molar-refractivity contribution in [2.75, 3.05) is 19.8 Å². The first kappa shape index (κ1) is 11.2. The van der Waals surface area contributed by atoms with Crippen LogP contribution in [0.4, 0.5) is 4.79 Å². The van der Waals surface area contributed by atoms with Crippen molar-refractivity contribution in [1.29, 1.82) is 0 Å². The van der Waals surface area contributed by atoms with Crippen molar-refractivity contribution < 1.29 is 14.6 Å². The van der Waals surface area contributed by atoms with Crippen LogP contribution in [0.3, 0.4) is 0 Å². The van der Waals surface area contributed by atoms with Gasteiger partial charge in [-0.2, -0.15) is 0 Å². The van der Waals surface area contributed by atoms with E-state index < -0.39 is 6.09 Å². The number of carboxylic acid groups (broad SMARTS) is 1. The molecule has 0 aliphatic rings. The Morgan fingerprint density at radius 2 is 2.08 bits per heavy atom. The Morgan fingerprint density at radius 1 is 1.42 bits per heavy atom. The number of ether oxygens (including phenoxy) is 1. The Bertz CT molecular complexity index is 117. The van der Waals surface area contributed by atoms with Crippen LogP contribution in [-0.4, -0.2) is 31.0 Å². The van der Waals surface area contributed by atoms with Crippen molar-refractivity contribution >= 4 is 6.09 Å². The van der Waals surface area contributed by atoms with Crippen molar-refractivity contribution in [2.45, 2.75) is 26.2 Å². The molecule has 0 aromatic carbocycles. The molecule has 0 radical (unpaired) electrons. The maximum atomic E-state index is 9.98. The second kappa shape index (κ2) is 8.33. The van der Waals surface area contributed by atoms with Crippen LogP contribution in [0.15, 0.2) is 0 Å². The number of hydrogen-bond acceptors (Lipinski definition) is 2. The highest BCUT2D eigenvalue weighted by atomic mass is 16.5. The van der Waals surface area contributed by atoms with E-state index in [1.807, 2.05) is 0 Å². The van der Waals surface area contributed by atoms with E-state index in [1.165, 1.54) is 0 Å². The van der Waals surface area contributed by atoms with Crippen LogP contribution in [0.1, 0.15) is 26.2 Å². The fourth-order valence-corrected chi connectivity index (χ4v) is 0.718. The van der Waals surface area contributed by atoms with Gasteiger partial charge in [-0.3, -0.25) is 0 Å². The van der Waals surface area contributed by atoms with Gasteiger partial charge in [0.2, 0.25) is 0 Å². The summed E-state index contributed by atoms with van der Waals surface area (Å²) >= 11 is 0. The predicted molar refractivity (Wildman–Crippen MR) is 46.4 cm³/mol. The first-order valence-electron chi connectivity index (χ1n) is 4.32. The maximum Gasteiger partial charge on any atom is 0.404 e. The molecular weight excluding hydrogens is 158 g/mol. The second-order valence-corrected chi connectivity index (χ2v) is 2.55. The monoisotopic (exact) mass is 175 g/mol. The number of carbonyl (C=O) groups is 1. The van der Waals surface area contributed by atoms with Gasteiger partial charge in [0.1, 0.15) is 0 Å². The average molecular weight is 175 g/mol. The van der Waals surface area contributed by atoms with Gasteiger partial charge in [-0.05, 0) is 12.8 Å². The molecule has 0 aliphatic carbocycles. The van der Waals surface area contributed by atoms with E-state index in [-0.39, 0.29) is 0 Å². The molecule has 0 fully saturated rings. The van der Waals surface area contributed by atoms with E-state index in [4.69, 9.17) is 9.84 Å². The van der Waals surface area contributed by atoms with Gasteiger partial charge in [0.15, 0.2) is 0 Å². The standard InChI is InChI=1S/C8H17NO3/c1-2-3-6-12-7-4-5-9-8(10)11/h9H,2-7H2,1H3,(H,10,11). The lowest BCUT2D eigenvalue weighted by molar-refractivity contribution is 0.128. The summed E-state index contributed by atoms with van der Waals surface area (Å²) in [6.45, 7) is 4.00. The van der Waals surface area contributed by atoms with Gasteiger partial charge in [0.25, 0.3) is 0 Å².